The molecular formula is C17H17BrFNS. The zero-order valence-corrected chi connectivity index (χ0v) is 14.2. The van der Waals surface area contributed by atoms with Crippen LogP contribution in [0.5, 0.6) is 0 Å². The molecule has 1 heterocycles. The number of nitrogens with one attached hydrogen (secondary N) is 1. The van der Waals surface area contributed by atoms with Crippen LogP contribution in [-0.2, 0) is 6.42 Å². The van der Waals surface area contributed by atoms with Gasteiger partial charge in [0, 0.05) is 27.1 Å². The first-order valence-corrected chi connectivity index (χ1v) is 8.80. The fraction of sp³-hybridized carbons (Fsp3) is 0.294. The van der Waals surface area contributed by atoms with Gasteiger partial charge in [0.15, 0.2) is 0 Å². The van der Waals surface area contributed by atoms with E-state index in [1.165, 1.54) is 16.5 Å². The minimum Gasteiger partial charge on any atom is -0.316 e. The van der Waals surface area contributed by atoms with Crippen LogP contribution in [0, 0.1) is 5.82 Å². The molecule has 2 aromatic carbocycles. The number of fused-ring (bicyclic) bond motifs is 1. The molecule has 110 valence electrons. The normalized spacial score (nSPS) is 18.5. The second-order valence-electron chi connectivity index (χ2n) is 5.29. The average Bonchev–Trinajstić information content (AvgIpc) is 2.91. The molecule has 4 heteroatoms. The van der Waals surface area contributed by atoms with Crippen molar-refractivity contribution in [2.75, 3.05) is 12.8 Å². The van der Waals surface area contributed by atoms with Crippen molar-refractivity contribution in [2.45, 2.75) is 23.3 Å². The number of rotatable bonds is 4. The number of thioether (sulfide) groups is 1. The Bertz CT molecular complexity index is 646. The molecule has 0 aliphatic carbocycles. The lowest BCUT2D eigenvalue weighted by molar-refractivity contribution is 0.488. The van der Waals surface area contributed by atoms with Crippen LogP contribution in [0.4, 0.5) is 4.39 Å². The second kappa shape index (κ2) is 6.51. The Hall–Kier alpha value is -0.840. The van der Waals surface area contributed by atoms with Crippen LogP contribution < -0.4 is 5.32 Å². The predicted molar refractivity (Wildman–Crippen MR) is 90.6 cm³/mol. The molecule has 1 N–H and O–H groups in total. The molecule has 2 atom stereocenters. The highest BCUT2D eigenvalue weighted by Crippen LogP contribution is 2.41. The monoisotopic (exact) mass is 365 g/mol. The maximum absolute atomic E-state index is 13.2. The van der Waals surface area contributed by atoms with E-state index in [1.807, 2.05) is 24.9 Å². The summed E-state index contributed by atoms with van der Waals surface area (Å²) in [6, 6.07) is 13.9. The third kappa shape index (κ3) is 3.17. The molecule has 0 saturated carbocycles. The molecule has 0 amide bonds. The van der Waals surface area contributed by atoms with E-state index in [2.05, 4.69) is 45.5 Å². The molecule has 0 spiro atoms. The predicted octanol–water partition coefficient (Wildman–Crippen LogP) is 4.61. The van der Waals surface area contributed by atoms with Gasteiger partial charge in [-0.15, -0.1) is 11.8 Å². The van der Waals surface area contributed by atoms with Crippen LogP contribution in [0.3, 0.4) is 0 Å². The van der Waals surface area contributed by atoms with Gasteiger partial charge in [0.25, 0.3) is 0 Å². The minimum atomic E-state index is -0.201. The summed E-state index contributed by atoms with van der Waals surface area (Å²) < 4.78 is 14.1. The summed E-state index contributed by atoms with van der Waals surface area (Å²) in [4.78, 5) is 1.39. The topological polar surface area (TPSA) is 12.0 Å². The minimum absolute atomic E-state index is 0.201. The summed E-state index contributed by atoms with van der Waals surface area (Å²) in [5, 5.41) is 3.45. The Kier molecular flexibility index (Phi) is 4.67. The van der Waals surface area contributed by atoms with Gasteiger partial charge in [-0.3, -0.25) is 0 Å². The second-order valence-corrected chi connectivity index (χ2v) is 7.21. The van der Waals surface area contributed by atoms with Gasteiger partial charge in [0.05, 0.1) is 0 Å². The van der Waals surface area contributed by atoms with Crippen LogP contribution in [-0.4, -0.2) is 18.8 Å². The van der Waals surface area contributed by atoms with Crippen LogP contribution in [0.2, 0.25) is 0 Å². The smallest absolute Gasteiger partial charge is 0.124 e. The molecule has 0 aromatic heterocycles. The Morgan fingerprint density at radius 1 is 1.33 bits per heavy atom. The number of benzene rings is 2. The summed E-state index contributed by atoms with van der Waals surface area (Å²) in [5.41, 5.74) is 2.57. The summed E-state index contributed by atoms with van der Waals surface area (Å²) in [6.45, 7) is 0. The van der Waals surface area contributed by atoms with E-state index in [0.717, 1.165) is 22.2 Å². The Morgan fingerprint density at radius 3 is 2.90 bits per heavy atom. The van der Waals surface area contributed by atoms with Crippen molar-refractivity contribution in [1.29, 1.82) is 0 Å². The average molecular weight is 366 g/mol. The quantitative estimate of drug-likeness (QED) is 0.848. The Balaban J connectivity index is 1.83. The molecule has 1 aliphatic rings. The van der Waals surface area contributed by atoms with Gasteiger partial charge in [-0.1, -0.05) is 40.2 Å². The van der Waals surface area contributed by atoms with Gasteiger partial charge < -0.3 is 5.32 Å². The van der Waals surface area contributed by atoms with Crippen molar-refractivity contribution < 1.29 is 4.39 Å². The van der Waals surface area contributed by atoms with E-state index in [-0.39, 0.29) is 5.82 Å². The van der Waals surface area contributed by atoms with Crippen molar-refractivity contribution in [3.8, 4) is 0 Å². The van der Waals surface area contributed by atoms with E-state index < -0.39 is 0 Å². The highest BCUT2D eigenvalue weighted by molar-refractivity contribution is 9.10. The van der Waals surface area contributed by atoms with Gasteiger partial charge >= 0.3 is 0 Å². The first kappa shape index (κ1) is 15.1. The van der Waals surface area contributed by atoms with E-state index in [9.17, 15) is 4.39 Å². The molecule has 1 aliphatic heterocycles. The van der Waals surface area contributed by atoms with E-state index >= 15 is 0 Å². The first-order valence-electron chi connectivity index (χ1n) is 7.02. The standard InChI is InChI=1S/C17H17BrFNS/c1-20-16(8-11-6-7-12(19)9-15(11)18)14-10-21-17-5-3-2-4-13(14)17/h2-7,9,14,16,20H,8,10H2,1H3. The van der Waals surface area contributed by atoms with Gasteiger partial charge in [-0.25, -0.2) is 4.39 Å². The lowest BCUT2D eigenvalue weighted by atomic mass is 9.89. The molecule has 0 bridgehead atoms. The Labute approximate surface area is 137 Å². The summed E-state index contributed by atoms with van der Waals surface area (Å²) >= 11 is 5.40. The molecule has 2 unspecified atom stereocenters. The van der Waals surface area contributed by atoms with Crippen molar-refractivity contribution >= 4 is 27.7 Å². The molecule has 0 fully saturated rings. The fourth-order valence-electron chi connectivity index (χ4n) is 2.89. The van der Waals surface area contributed by atoms with Gasteiger partial charge in [0.2, 0.25) is 0 Å². The van der Waals surface area contributed by atoms with Crippen molar-refractivity contribution in [1.82, 2.24) is 5.32 Å². The first-order chi connectivity index (χ1) is 10.2. The third-order valence-corrected chi connectivity index (χ3v) is 6.00. The van der Waals surface area contributed by atoms with Crippen molar-refractivity contribution in [3.63, 3.8) is 0 Å². The van der Waals surface area contributed by atoms with Crippen LogP contribution >= 0.6 is 27.7 Å². The van der Waals surface area contributed by atoms with Gasteiger partial charge in [0.1, 0.15) is 5.82 Å². The summed E-state index contributed by atoms with van der Waals surface area (Å²) in [7, 11) is 2.01. The van der Waals surface area contributed by atoms with Crippen molar-refractivity contribution in [2.24, 2.45) is 0 Å². The van der Waals surface area contributed by atoms with E-state index in [1.54, 1.807) is 6.07 Å². The van der Waals surface area contributed by atoms with Crippen molar-refractivity contribution in [3.05, 3.63) is 63.9 Å². The summed E-state index contributed by atoms with van der Waals surface area (Å²) in [6.07, 6.45) is 0.886. The molecule has 21 heavy (non-hydrogen) atoms. The van der Waals surface area contributed by atoms with Crippen LogP contribution in [0.25, 0.3) is 0 Å². The maximum Gasteiger partial charge on any atom is 0.124 e. The van der Waals surface area contributed by atoms with Gasteiger partial charge in [-0.05, 0) is 42.8 Å². The van der Waals surface area contributed by atoms with E-state index in [4.69, 9.17) is 0 Å². The third-order valence-electron chi connectivity index (χ3n) is 4.05. The molecule has 3 rings (SSSR count). The van der Waals surface area contributed by atoms with Gasteiger partial charge in [-0.2, -0.15) is 0 Å². The zero-order chi connectivity index (χ0) is 14.8. The van der Waals surface area contributed by atoms with Crippen LogP contribution in [0.1, 0.15) is 17.0 Å². The molecule has 0 radical (unpaired) electrons. The SMILES string of the molecule is CNC(Cc1ccc(F)cc1Br)C1CSc2ccccc21. The lowest BCUT2D eigenvalue weighted by Crippen LogP contribution is -2.34. The van der Waals surface area contributed by atoms with E-state index in [0.29, 0.717) is 12.0 Å². The summed E-state index contributed by atoms with van der Waals surface area (Å²) in [5.74, 6) is 1.39. The molecule has 0 saturated heterocycles. The Morgan fingerprint density at radius 2 is 2.14 bits per heavy atom. The zero-order valence-electron chi connectivity index (χ0n) is 11.8. The number of halogens is 2. The number of hydrogen-bond acceptors (Lipinski definition) is 2. The maximum atomic E-state index is 13.2. The molecule has 2 aromatic rings. The highest BCUT2D eigenvalue weighted by Gasteiger charge is 2.29. The molecular weight excluding hydrogens is 349 g/mol. The number of likely N-dealkylation sites (N-methyl/N-ethyl adjacent to an activating group) is 1. The largest absolute Gasteiger partial charge is 0.316 e. The van der Waals surface area contributed by atoms with Crippen LogP contribution in [0.15, 0.2) is 51.8 Å². The highest BCUT2D eigenvalue weighted by atomic mass is 79.9. The number of hydrogen-bond donors (Lipinski definition) is 1. The molecule has 1 nitrogen and oxygen atoms in total. The fourth-order valence-corrected chi connectivity index (χ4v) is 4.73. The lowest BCUT2D eigenvalue weighted by Gasteiger charge is -2.24.